The van der Waals surface area contributed by atoms with Gasteiger partial charge in [0, 0.05) is 13.0 Å². The van der Waals surface area contributed by atoms with Crippen LogP contribution >= 0.6 is 0 Å². The fourth-order valence-corrected chi connectivity index (χ4v) is 2.50. The van der Waals surface area contributed by atoms with Crippen LogP contribution in [0.5, 0.6) is 0 Å². The zero-order chi connectivity index (χ0) is 11.4. The molecule has 2 saturated heterocycles. The van der Waals surface area contributed by atoms with E-state index in [1.807, 2.05) is 0 Å². The Bertz CT molecular complexity index is 264. The van der Waals surface area contributed by atoms with Crippen LogP contribution in [0.2, 0.25) is 0 Å². The Morgan fingerprint density at radius 1 is 1.50 bits per heavy atom. The molecule has 0 aromatic rings. The lowest BCUT2D eigenvalue weighted by Crippen LogP contribution is -2.22. The summed E-state index contributed by atoms with van der Waals surface area (Å²) in [5, 5.41) is 8.57. The lowest BCUT2D eigenvalue weighted by molar-refractivity contribution is -0.0697. The summed E-state index contributed by atoms with van der Waals surface area (Å²) in [6.07, 6.45) is 2.61. The molecule has 0 aromatic heterocycles. The normalized spacial score (nSPS) is 35.4. The largest absolute Gasteiger partial charge is 0.350 e. The van der Waals surface area contributed by atoms with E-state index in [0.717, 1.165) is 13.0 Å². The highest BCUT2D eigenvalue weighted by Crippen LogP contribution is 2.26. The van der Waals surface area contributed by atoms with Gasteiger partial charge in [0.25, 0.3) is 0 Å². The molecule has 2 rings (SSSR count). The average Bonchev–Trinajstić information content (AvgIpc) is 2.89. The Labute approximate surface area is 97.1 Å². The second kappa shape index (κ2) is 5.62. The van der Waals surface area contributed by atoms with Crippen LogP contribution in [-0.2, 0) is 9.47 Å². The molecule has 0 amide bonds. The van der Waals surface area contributed by atoms with Crippen molar-refractivity contribution < 1.29 is 9.47 Å². The second-order valence-electron chi connectivity index (χ2n) is 4.67. The molecule has 2 aliphatic rings. The minimum atomic E-state index is -0.0693. The van der Waals surface area contributed by atoms with Crippen molar-refractivity contribution in [3.8, 4) is 6.07 Å². The van der Waals surface area contributed by atoms with E-state index in [0.29, 0.717) is 18.9 Å². The van der Waals surface area contributed by atoms with Gasteiger partial charge in [0.1, 0.15) is 0 Å². The molecular formula is C12H20N2O2. The first-order chi connectivity index (χ1) is 7.81. The van der Waals surface area contributed by atoms with E-state index in [4.69, 9.17) is 14.7 Å². The van der Waals surface area contributed by atoms with Crippen molar-refractivity contribution in [2.45, 2.75) is 38.6 Å². The standard InChI is InChI=1S/C12H20N2O2/c1-2-14-6-4-10(8-14)7-12-15-9-11(16-12)3-5-13/h10-12H,2-4,6-9H2,1H3. The quantitative estimate of drug-likeness (QED) is 0.723. The van der Waals surface area contributed by atoms with Crippen molar-refractivity contribution in [3.63, 3.8) is 0 Å². The third-order valence-corrected chi connectivity index (χ3v) is 3.47. The monoisotopic (exact) mass is 224 g/mol. The van der Waals surface area contributed by atoms with E-state index in [1.165, 1.54) is 19.5 Å². The van der Waals surface area contributed by atoms with Crippen molar-refractivity contribution in [2.24, 2.45) is 5.92 Å². The van der Waals surface area contributed by atoms with Crippen LogP contribution in [0.15, 0.2) is 0 Å². The molecule has 0 N–H and O–H groups in total. The van der Waals surface area contributed by atoms with Gasteiger partial charge in [0.15, 0.2) is 6.29 Å². The first kappa shape index (κ1) is 11.8. The molecule has 3 atom stereocenters. The minimum absolute atomic E-state index is 0.00122. The molecule has 16 heavy (non-hydrogen) atoms. The third-order valence-electron chi connectivity index (χ3n) is 3.47. The first-order valence-electron chi connectivity index (χ1n) is 6.18. The summed E-state index contributed by atoms with van der Waals surface area (Å²) in [5.41, 5.74) is 0. The zero-order valence-electron chi connectivity index (χ0n) is 9.89. The van der Waals surface area contributed by atoms with Crippen molar-refractivity contribution in [3.05, 3.63) is 0 Å². The van der Waals surface area contributed by atoms with Crippen molar-refractivity contribution >= 4 is 0 Å². The molecule has 0 aromatic carbocycles. The van der Waals surface area contributed by atoms with Gasteiger partial charge in [0.2, 0.25) is 0 Å². The van der Waals surface area contributed by atoms with Gasteiger partial charge in [-0.25, -0.2) is 0 Å². The molecular weight excluding hydrogens is 204 g/mol. The van der Waals surface area contributed by atoms with Crippen LogP contribution in [0.1, 0.15) is 26.2 Å². The SMILES string of the molecule is CCN1CCC(CC2OCC(CC#N)O2)C1. The molecule has 0 aliphatic carbocycles. The number of hydrogen-bond acceptors (Lipinski definition) is 4. The lowest BCUT2D eigenvalue weighted by Gasteiger charge is -2.16. The summed E-state index contributed by atoms with van der Waals surface area (Å²) in [4.78, 5) is 2.46. The number of likely N-dealkylation sites (tertiary alicyclic amines) is 1. The van der Waals surface area contributed by atoms with Crippen molar-refractivity contribution in [1.29, 1.82) is 5.26 Å². The minimum Gasteiger partial charge on any atom is -0.350 e. The van der Waals surface area contributed by atoms with Crippen molar-refractivity contribution in [1.82, 2.24) is 4.90 Å². The highest BCUT2D eigenvalue weighted by molar-refractivity contribution is 4.81. The summed E-state index contributed by atoms with van der Waals surface area (Å²) >= 11 is 0. The maximum Gasteiger partial charge on any atom is 0.158 e. The molecule has 0 radical (unpaired) electrons. The van der Waals surface area contributed by atoms with Crippen LogP contribution < -0.4 is 0 Å². The number of ether oxygens (including phenoxy) is 2. The molecule has 0 bridgehead atoms. The molecule has 0 saturated carbocycles. The molecule has 4 heteroatoms. The number of rotatable bonds is 4. The summed E-state index contributed by atoms with van der Waals surface area (Å²) in [7, 11) is 0. The summed E-state index contributed by atoms with van der Waals surface area (Å²) < 4.78 is 11.2. The van der Waals surface area contributed by atoms with Gasteiger partial charge in [-0.2, -0.15) is 5.26 Å². The van der Waals surface area contributed by atoms with E-state index in [2.05, 4.69) is 17.9 Å². The summed E-state index contributed by atoms with van der Waals surface area (Å²) in [6, 6.07) is 2.13. The first-order valence-corrected chi connectivity index (χ1v) is 6.18. The lowest BCUT2D eigenvalue weighted by atomic mass is 10.1. The molecule has 0 spiro atoms. The fraction of sp³-hybridized carbons (Fsp3) is 0.917. The van der Waals surface area contributed by atoms with Gasteiger partial charge in [-0.15, -0.1) is 0 Å². The van der Waals surface area contributed by atoms with Crippen LogP contribution in [0.3, 0.4) is 0 Å². The number of nitrogens with zero attached hydrogens (tertiary/aromatic N) is 2. The van der Waals surface area contributed by atoms with Gasteiger partial charge in [-0.05, 0) is 25.4 Å². The predicted octanol–water partition coefficient (Wildman–Crippen LogP) is 1.37. The summed E-state index contributed by atoms with van der Waals surface area (Å²) in [5.74, 6) is 0.700. The van der Waals surface area contributed by atoms with Crippen LogP contribution in [0.4, 0.5) is 0 Å². The van der Waals surface area contributed by atoms with Crippen LogP contribution in [-0.4, -0.2) is 43.5 Å². The highest BCUT2D eigenvalue weighted by Gasteiger charge is 2.30. The smallest absolute Gasteiger partial charge is 0.158 e. The van der Waals surface area contributed by atoms with E-state index in [-0.39, 0.29) is 12.4 Å². The Balaban J connectivity index is 1.70. The van der Waals surface area contributed by atoms with Crippen molar-refractivity contribution in [2.75, 3.05) is 26.2 Å². The van der Waals surface area contributed by atoms with E-state index in [9.17, 15) is 0 Å². The van der Waals surface area contributed by atoms with Gasteiger partial charge in [0.05, 0.1) is 25.2 Å². The van der Waals surface area contributed by atoms with Gasteiger partial charge in [-0.3, -0.25) is 0 Å². The molecule has 2 heterocycles. The molecule has 3 unspecified atom stereocenters. The Morgan fingerprint density at radius 2 is 2.38 bits per heavy atom. The third kappa shape index (κ3) is 2.94. The fourth-order valence-electron chi connectivity index (χ4n) is 2.50. The average molecular weight is 224 g/mol. The van der Waals surface area contributed by atoms with E-state index in [1.54, 1.807) is 0 Å². The van der Waals surface area contributed by atoms with Gasteiger partial charge < -0.3 is 14.4 Å². The van der Waals surface area contributed by atoms with Crippen LogP contribution in [0.25, 0.3) is 0 Å². The zero-order valence-corrected chi connectivity index (χ0v) is 9.89. The predicted molar refractivity (Wildman–Crippen MR) is 59.7 cm³/mol. The molecule has 90 valence electrons. The Hall–Kier alpha value is -0.630. The van der Waals surface area contributed by atoms with E-state index >= 15 is 0 Å². The Kier molecular flexibility index (Phi) is 4.16. The van der Waals surface area contributed by atoms with E-state index < -0.39 is 0 Å². The maximum absolute atomic E-state index is 8.57. The number of hydrogen-bond donors (Lipinski definition) is 0. The van der Waals surface area contributed by atoms with Gasteiger partial charge >= 0.3 is 0 Å². The highest BCUT2D eigenvalue weighted by atomic mass is 16.7. The molecule has 4 nitrogen and oxygen atoms in total. The molecule has 2 fully saturated rings. The molecule has 2 aliphatic heterocycles. The summed E-state index contributed by atoms with van der Waals surface area (Å²) in [6.45, 7) is 6.30. The maximum atomic E-state index is 8.57. The van der Waals surface area contributed by atoms with Crippen LogP contribution in [0, 0.1) is 17.2 Å². The van der Waals surface area contributed by atoms with Gasteiger partial charge in [-0.1, -0.05) is 6.92 Å². The Morgan fingerprint density at radius 3 is 3.06 bits per heavy atom. The number of nitriles is 1. The topological polar surface area (TPSA) is 45.5 Å². The second-order valence-corrected chi connectivity index (χ2v) is 4.67.